The average Bonchev–Trinajstić information content (AvgIpc) is 3.15. The lowest BCUT2D eigenvalue weighted by atomic mass is 10.1. The molecule has 0 bridgehead atoms. The molecule has 150 valence electrons. The highest BCUT2D eigenvalue weighted by Crippen LogP contribution is 2.15. The van der Waals surface area contributed by atoms with Crippen molar-refractivity contribution in [3.05, 3.63) is 51.7 Å². The Kier molecular flexibility index (Phi) is 7.19. The van der Waals surface area contributed by atoms with Crippen molar-refractivity contribution >= 4 is 28.8 Å². The number of hydrogen-bond acceptors (Lipinski definition) is 5. The molecule has 1 aliphatic rings. The smallest absolute Gasteiger partial charge is 0.261 e. The van der Waals surface area contributed by atoms with Gasteiger partial charge in [-0.15, -0.1) is 11.3 Å². The van der Waals surface area contributed by atoms with Crippen LogP contribution in [0, 0.1) is 6.92 Å². The number of aryl methyl sites for hydroxylation is 1. The molecule has 1 aliphatic heterocycles. The molecule has 1 aromatic heterocycles. The van der Waals surface area contributed by atoms with E-state index in [1.807, 2.05) is 25.1 Å². The summed E-state index contributed by atoms with van der Waals surface area (Å²) in [5.41, 5.74) is 1.98. The van der Waals surface area contributed by atoms with Crippen molar-refractivity contribution in [2.24, 2.45) is 0 Å². The van der Waals surface area contributed by atoms with E-state index in [-0.39, 0.29) is 18.4 Å². The topological polar surface area (TPSA) is 64.7 Å². The fourth-order valence-electron chi connectivity index (χ4n) is 3.22. The largest absolute Gasteiger partial charge is 0.342 e. The molecule has 7 heteroatoms. The predicted molar refractivity (Wildman–Crippen MR) is 114 cm³/mol. The van der Waals surface area contributed by atoms with Crippen LogP contribution in [0.4, 0.5) is 5.69 Å². The summed E-state index contributed by atoms with van der Waals surface area (Å²) in [5, 5.41) is 5.48. The zero-order valence-corrected chi connectivity index (χ0v) is 17.3. The van der Waals surface area contributed by atoms with Crippen molar-refractivity contribution in [1.29, 1.82) is 0 Å². The Hall–Kier alpha value is -2.22. The number of anilines is 1. The van der Waals surface area contributed by atoms with Gasteiger partial charge in [-0.25, -0.2) is 0 Å². The highest BCUT2D eigenvalue weighted by atomic mass is 32.1. The maximum atomic E-state index is 12.1. The molecule has 1 fully saturated rings. The molecule has 0 saturated carbocycles. The van der Waals surface area contributed by atoms with Crippen molar-refractivity contribution in [3.63, 3.8) is 0 Å². The number of hydrogen-bond donors (Lipinski definition) is 2. The molecule has 2 heterocycles. The number of carbonyl (C=O) groups is 2. The van der Waals surface area contributed by atoms with Crippen molar-refractivity contribution in [3.8, 4) is 0 Å². The Balaban J connectivity index is 1.42. The van der Waals surface area contributed by atoms with E-state index in [1.165, 1.54) is 16.9 Å². The third kappa shape index (κ3) is 5.89. The molecule has 0 radical (unpaired) electrons. The summed E-state index contributed by atoms with van der Waals surface area (Å²) in [6.07, 6.45) is 0. The van der Waals surface area contributed by atoms with Gasteiger partial charge in [-0.1, -0.05) is 19.1 Å². The van der Waals surface area contributed by atoms with Crippen LogP contribution in [-0.2, 0) is 11.3 Å². The molecular weight excluding hydrogens is 372 g/mol. The summed E-state index contributed by atoms with van der Waals surface area (Å²) in [6.45, 7) is 10.6. The monoisotopic (exact) mass is 400 g/mol. The van der Waals surface area contributed by atoms with Crippen LogP contribution in [0.5, 0.6) is 0 Å². The molecule has 1 aromatic carbocycles. The second-order valence-corrected chi connectivity index (χ2v) is 8.34. The van der Waals surface area contributed by atoms with E-state index >= 15 is 0 Å². The summed E-state index contributed by atoms with van der Waals surface area (Å²) in [7, 11) is 0. The highest BCUT2D eigenvalue weighted by Gasteiger charge is 2.15. The average molecular weight is 401 g/mol. The maximum Gasteiger partial charge on any atom is 0.261 e. The lowest BCUT2D eigenvalue weighted by molar-refractivity contribution is -0.115. The molecule has 3 rings (SSSR count). The van der Waals surface area contributed by atoms with Crippen molar-refractivity contribution in [2.45, 2.75) is 20.4 Å². The second kappa shape index (κ2) is 9.82. The van der Waals surface area contributed by atoms with Gasteiger partial charge >= 0.3 is 0 Å². The van der Waals surface area contributed by atoms with Gasteiger partial charge in [-0.05, 0) is 43.3 Å². The van der Waals surface area contributed by atoms with Gasteiger partial charge in [0.25, 0.3) is 5.91 Å². The van der Waals surface area contributed by atoms with E-state index in [9.17, 15) is 9.59 Å². The maximum absolute atomic E-state index is 12.1. The normalized spacial score (nSPS) is 15.4. The number of likely N-dealkylation sites (N-methyl/N-ethyl adjacent to an activating group) is 1. The summed E-state index contributed by atoms with van der Waals surface area (Å²) >= 11 is 1.42. The minimum Gasteiger partial charge on any atom is -0.342 e. The standard InChI is InChI=1S/C21H28N4O2S/c1-3-24-10-12-25(13-11-24)15-17-5-7-18(8-6-17)23-20(26)14-22-21(27)19-9-4-16(2)28-19/h4-9H,3,10-15H2,1-2H3,(H,22,27)(H,23,26). The number of nitrogens with one attached hydrogen (secondary N) is 2. The highest BCUT2D eigenvalue weighted by molar-refractivity contribution is 7.13. The summed E-state index contributed by atoms with van der Waals surface area (Å²) in [5.74, 6) is -0.447. The number of thiophene rings is 1. The molecule has 0 unspecified atom stereocenters. The molecule has 28 heavy (non-hydrogen) atoms. The zero-order chi connectivity index (χ0) is 19.9. The Morgan fingerprint density at radius 1 is 1.00 bits per heavy atom. The first kappa shape index (κ1) is 20.5. The molecule has 2 amide bonds. The Labute approximate surface area is 170 Å². The van der Waals surface area contributed by atoms with E-state index in [2.05, 4.69) is 39.5 Å². The van der Waals surface area contributed by atoms with Gasteiger partial charge in [0.1, 0.15) is 0 Å². The number of amides is 2. The third-order valence-electron chi connectivity index (χ3n) is 4.93. The van der Waals surface area contributed by atoms with E-state index in [0.717, 1.165) is 49.8 Å². The fourth-order valence-corrected chi connectivity index (χ4v) is 4.01. The molecule has 0 aliphatic carbocycles. The number of nitrogens with zero attached hydrogens (tertiary/aromatic N) is 2. The number of piperazine rings is 1. The number of carbonyl (C=O) groups excluding carboxylic acids is 2. The van der Waals surface area contributed by atoms with Crippen LogP contribution in [0.2, 0.25) is 0 Å². The van der Waals surface area contributed by atoms with Crippen LogP contribution in [-0.4, -0.2) is 60.9 Å². The quantitative estimate of drug-likeness (QED) is 0.750. The van der Waals surface area contributed by atoms with Crippen LogP contribution in [0.3, 0.4) is 0 Å². The molecule has 6 nitrogen and oxygen atoms in total. The van der Waals surface area contributed by atoms with Crippen LogP contribution >= 0.6 is 11.3 Å². The van der Waals surface area contributed by atoms with Gasteiger partial charge in [0, 0.05) is 43.3 Å². The second-order valence-electron chi connectivity index (χ2n) is 7.05. The molecule has 1 saturated heterocycles. The fraction of sp³-hybridized carbons (Fsp3) is 0.429. The van der Waals surface area contributed by atoms with Gasteiger partial charge in [0.05, 0.1) is 11.4 Å². The molecule has 0 spiro atoms. The first-order chi connectivity index (χ1) is 13.5. The Morgan fingerprint density at radius 2 is 1.68 bits per heavy atom. The minimum absolute atomic E-state index is 0.0424. The molecule has 2 N–H and O–H groups in total. The first-order valence-electron chi connectivity index (χ1n) is 9.71. The summed E-state index contributed by atoms with van der Waals surface area (Å²) in [6, 6.07) is 11.6. The van der Waals surface area contributed by atoms with Crippen molar-refractivity contribution in [1.82, 2.24) is 15.1 Å². The van der Waals surface area contributed by atoms with Gasteiger partial charge in [-0.3, -0.25) is 14.5 Å². The van der Waals surface area contributed by atoms with Crippen molar-refractivity contribution < 1.29 is 9.59 Å². The van der Waals surface area contributed by atoms with E-state index in [1.54, 1.807) is 6.07 Å². The summed E-state index contributed by atoms with van der Waals surface area (Å²) in [4.78, 5) is 30.7. The summed E-state index contributed by atoms with van der Waals surface area (Å²) < 4.78 is 0. The van der Waals surface area contributed by atoms with Gasteiger partial charge in [0.2, 0.25) is 5.91 Å². The van der Waals surface area contributed by atoms with Crippen LogP contribution in [0.1, 0.15) is 27.0 Å². The Bertz CT molecular complexity index is 795. The zero-order valence-electron chi connectivity index (χ0n) is 16.5. The number of rotatable bonds is 7. The first-order valence-corrected chi connectivity index (χ1v) is 10.5. The van der Waals surface area contributed by atoms with Crippen LogP contribution in [0.15, 0.2) is 36.4 Å². The van der Waals surface area contributed by atoms with Crippen molar-refractivity contribution in [2.75, 3.05) is 44.6 Å². The van der Waals surface area contributed by atoms with Gasteiger partial charge < -0.3 is 15.5 Å². The van der Waals surface area contributed by atoms with E-state index in [4.69, 9.17) is 0 Å². The molecular formula is C21H28N4O2S. The molecule has 0 atom stereocenters. The predicted octanol–water partition coefficient (Wildman–Crippen LogP) is 2.56. The number of benzene rings is 1. The van der Waals surface area contributed by atoms with Gasteiger partial charge in [-0.2, -0.15) is 0 Å². The van der Waals surface area contributed by atoms with Crippen LogP contribution in [0.25, 0.3) is 0 Å². The Morgan fingerprint density at radius 3 is 2.29 bits per heavy atom. The van der Waals surface area contributed by atoms with E-state index < -0.39 is 0 Å². The third-order valence-corrected chi connectivity index (χ3v) is 5.93. The van der Waals surface area contributed by atoms with Gasteiger partial charge in [0.15, 0.2) is 0 Å². The van der Waals surface area contributed by atoms with Crippen LogP contribution < -0.4 is 10.6 Å². The lowest BCUT2D eigenvalue weighted by Crippen LogP contribution is -2.45. The lowest BCUT2D eigenvalue weighted by Gasteiger charge is -2.34. The molecule has 2 aromatic rings. The SMILES string of the molecule is CCN1CCN(Cc2ccc(NC(=O)CNC(=O)c3ccc(C)s3)cc2)CC1. The van der Waals surface area contributed by atoms with E-state index in [0.29, 0.717) is 4.88 Å². The minimum atomic E-state index is -0.231.